The number of amides is 1. The summed E-state index contributed by atoms with van der Waals surface area (Å²) in [4.78, 5) is 22.7. The normalized spacial score (nSPS) is 16.4. The molecule has 0 spiro atoms. The smallest absolute Gasteiger partial charge is 0.222 e. The van der Waals surface area contributed by atoms with Crippen LogP contribution in [0.3, 0.4) is 0 Å². The molecule has 1 aliphatic rings. The molecule has 5 rings (SSSR count). The minimum atomic E-state index is -0.241. The van der Waals surface area contributed by atoms with Crippen LogP contribution in [0.1, 0.15) is 12.8 Å². The van der Waals surface area contributed by atoms with Crippen molar-refractivity contribution in [1.82, 2.24) is 20.2 Å². The lowest BCUT2D eigenvalue weighted by Gasteiger charge is -2.33. The lowest BCUT2D eigenvalue weighted by molar-refractivity contribution is -0.122. The van der Waals surface area contributed by atoms with E-state index in [1.165, 1.54) is 0 Å². The van der Waals surface area contributed by atoms with E-state index in [1.54, 1.807) is 0 Å². The Hall–Kier alpha value is -4.14. The Kier molecular flexibility index (Phi) is 4.85. The first-order valence-corrected chi connectivity index (χ1v) is 10.5. The average molecular weight is 429 g/mol. The fraction of sp³-hybridized carbons (Fsp3) is 0.217. The molecule has 3 heterocycles. The van der Waals surface area contributed by atoms with Gasteiger partial charge in [0.15, 0.2) is 5.82 Å². The van der Waals surface area contributed by atoms with E-state index in [0.717, 1.165) is 52.8 Å². The number of carbonyl (C=O) groups is 1. The molecule has 7 N–H and O–H groups in total. The Morgan fingerprint density at radius 1 is 1.03 bits per heavy atom. The van der Waals surface area contributed by atoms with Crippen molar-refractivity contribution < 1.29 is 4.79 Å². The Morgan fingerprint density at radius 3 is 2.59 bits per heavy atom. The highest BCUT2D eigenvalue weighted by molar-refractivity contribution is 5.91. The van der Waals surface area contributed by atoms with Crippen molar-refractivity contribution in [2.75, 3.05) is 29.5 Å². The van der Waals surface area contributed by atoms with E-state index in [9.17, 15) is 4.79 Å². The van der Waals surface area contributed by atoms with Gasteiger partial charge in [-0.3, -0.25) is 9.89 Å². The third-order valence-electron chi connectivity index (χ3n) is 5.96. The summed E-state index contributed by atoms with van der Waals surface area (Å²) in [6, 6.07) is 15.8. The Labute approximate surface area is 184 Å². The lowest BCUT2D eigenvalue weighted by Crippen LogP contribution is -2.41. The van der Waals surface area contributed by atoms with Crippen molar-refractivity contribution in [3.8, 4) is 22.5 Å². The van der Waals surface area contributed by atoms with E-state index in [4.69, 9.17) is 17.2 Å². The van der Waals surface area contributed by atoms with Gasteiger partial charge in [-0.05, 0) is 43.2 Å². The van der Waals surface area contributed by atoms with Crippen LogP contribution in [0.2, 0.25) is 0 Å². The molecule has 0 aliphatic carbocycles. The van der Waals surface area contributed by atoms with Gasteiger partial charge in [0.2, 0.25) is 11.9 Å². The number of rotatable bonds is 4. The van der Waals surface area contributed by atoms with Gasteiger partial charge in [-0.1, -0.05) is 18.2 Å². The molecule has 2 aromatic heterocycles. The fourth-order valence-electron chi connectivity index (χ4n) is 4.27. The van der Waals surface area contributed by atoms with Crippen LogP contribution in [0.5, 0.6) is 0 Å². The Morgan fingerprint density at radius 2 is 1.81 bits per heavy atom. The number of nitrogens with two attached hydrogens (primary N) is 3. The zero-order chi connectivity index (χ0) is 22.2. The van der Waals surface area contributed by atoms with E-state index < -0.39 is 0 Å². The summed E-state index contributed by atoms with van der Waals surface area (Å²) < 4.78 is 0. The van der Waals surface area contributed by atoms with Gasteiger partial charge in [0, 0.05) is 35.3 Å². The molecule has 32 heavy (non-hydrogen) atoms. The number of H-pyrrole nitrogens is 1. The van der Waals surface area contributed by atoms with Crippen LogP contribution in [0, 0.1) is 5.92 Å². The lowest BCUT2D eigenvalue weighted by atomic mass is 9.96. The van der Waals surface area contributed by atoms with Gasteiger partial charge in [-0.2, -0.15) is 5.10 Å². The first-order valence-electron chi connectivity index (χ1n) is 10.5. The van der Waals surface area contributed by atoms with Crippen LogP contribution in [0.25, 0.3) is 33.4 Å². The summed E-state index contributed by atoms with van der Waals surface area (Å²) in [6.45, 7) is 1.51. The van der Waals surface area contributed by atoms with Gasteiger partial charge in [0.05, 0.1) is 22.8 Å². The highest BCUT2D eigenvalue weighted by Gasteiger charge is 2.24. The molecule has 1 fully saturated rings. The summed E-state index contributed by atoms with van der Waals surface area (Å²) in [5.41, 5.74) is 22.6. The van der Waals surface area contributed by atoms with Crippen molar-refractivity contribution in [1.29, 1.82) is 0 Å². The van der Waals surface area contributed by atoms with Crippen molar-refractivity contribution in [3.63, 3.8) is 0 Å². The molecule has 9 heteroatoms. The van der Waals surface area contributed by atoms with Crippen LogP contribution < -0.4 is 22.1 Å². The maximum absolute atomic E-state index is 11.7. The second kappa shape index (κ2) is 7.84. The number of aromatic nitrogens is 4. The number of nitrogens with one attached hydrogen (secondary N) is 1. The van der Waals surface area contributed by atoms with E-state index in [0.29, 0.717) is 18.1 Å². The molecule has 9 nitrogen and oxygen atoms in total. The van der Waals surface area contributed by atoms with Gasteiger partial charge in [-0.15, -0.1) is 0 Å². The summed E-state index contributed by atoms with van der Waals surface area (Å²) in [7, 11) is 0. The van der Waals surface area contributed by atoms with Crippen LogP contribution >= 0.6 is 0 Å². The second-order valence-electron chi connectivity index (χ2n) is 8.10. The van der Waals surface area contributed by atoms with Crippen molar-refractivity contribution in [3.05, 3.63) is 48.5 Å². The van der Waals surface area contributed by atoms with Crippen molar-refractivity contribution in [2.45, 2.75) is 12.8 Å². The van der Waals surface area contributed by atoms with Crippen LogP contribution in [-0.2, 0) is 4.79 Å². The van der Waals surface area contributed by atoms with Crippen LogP contribution in [-0.4, -0.2) is 39.2 Å². The van der Waals surface area contributed by atoms with E-state index in [-0.39, 0.29) is 17.8 Å². The van der Waals surface area contributed by atoms with E-state index >= 15 is 0 Å². The average Bonchev–Trinajstić information content (AvgIpc) is 3.19. The third kappa shape index (κ3) is 3.68. The highest BCUT2D eigenvalue weighted by atomic mass is 16.1. The monoisotopic (exact) mass is 428 g/mol. The maximum Gasteiger partial charge on any atom is 0.222 e. The van der Waals surface area contributed by atoms with E-state index in [2.05, 4.69) is 31.1 Å². The number of anilines is 3. The summed E-state index contributed by atoms with van der Waals surface area (Å²) in [5, 5.41) is 7.83. The van der Waals surface area contributed by atoms with Gasteiger partial charge >= 0.3 is 0 Å². The summed E-state index contributed by atoms with van der Waals surface area (Å²) in [5.74, 6) is 0.289. The topological polar surface area (TPSA) is 153 Å². The molecule has 2 aromatic carbocycles. The fourth-order valence-corrected chi connectivity index (χ4v) is 4.27. The second-order valence-corrected chi connectivity index (χ2v) is 8.10. The Balaban J connectivity index is 1.49. The number of primary amides is 1. The number of aromatic amines is 1. The number of benzene rings is 2. The zero-order valence-electron chi connectivity index (χ0n) is 17.5. The number of hydrogen-bond donors (Lipinski definition) is 4. The van der Waals surface area contributed by atoms with Gasteiger partial charge in [-0.25, -0.2) is 9.97 Å². The van der Waals surface area contributed by atoms with Crippen LogP contribution in [0.4, 0.5) is 17.5 Å². The van der Waals surface area contributed by atoms with Crippen molar-refractivity contribution in [2.24, 2.45) is 11.7 Å². The quantitative estimate of drug-likeness (QED) is 0.389. The van der Waals surface area contributed by atoms with Gasteiger partial charge in [0.1, 0.15) is 0 Å². The number of nitrogens with zero attached hydrogens (tertiary/aromatic N) is 4. The first-order chi connectivity index (χ1) is 15.5. The maximum atomic E-state index is 11.7. The largest absolute Gasteiger partial charge is 0.382 e. The molecular weight excluding hydrogens is 404 g/mol. The zero-order valence-corrected chi connectivity index (χ0v) is 17.5. The molecule has 0 saturated carbocycles. The van der Waals surface area contributed by atoms with Crippen LogP contribution in [0.15, 0.2) is 48.5 Å². The number of piperidine rings is 1. The summed E-state index contributed by atoms with van der Waals surface area (Å²) >= 11 is 0. The predicted octanol–water partition coefficient (Wildman–Crippen LogP) is 2.55. The Bertz CT molecular complexity index is 1310. The molecule has 1 unspecified atom stereocenters. The van der Waals surface area contributed by atoms with Crippen molar-refractivity contribution >= 4 is 34.3 Å². The van der Waals surface area contributed by atoms with E-state index in [1.807, 2.05) is 42.5 Å². The number of carbonyl (C=O) groups excluding carboxylic acids is 1. The molecule has 0 bridgehead atoms. The number of fused-ring (bicyclic) bond motifs is 1. The number of hydrogen-bond acceptors (Lipinski definition) is 7. The molecule has 162 valence electrons. The molecule has 0 radical (unpaired) electrons. The highest BCUT2D eigenvalue weighted by Crippen LogP contribution is 2.31. The molecule has 1 atom stereocenters. The number of nitrogen functional groups attached to an aromatic ring is 2. The molecular formula is C23H24N8O. The summed E-state index contributed by atoms with van der Waals surface area (Å²) in [6.07, 6.45) is 1.77. The molecule has 1 amide bonds. The van der Waals surface area contributed by atoms with Gasteiger partial charge in [0.25, 0.3) is 0 Å². The SMILES string of the molecule is NC(=O)C1CCCN(c2cccc(-c3cc(-c4ccc5c(N)n[nH]c5c4)nc(N)n3)c2)C1. The minimum absolute atomic E-state index is 0.125. The standard InChI is InChI=1S/C23H24N8O/c24-21-17-7-6-14(10-20(17)29-30-21)19-11-18(27-23(26)28-19)13-3-1-5-16(9-13)31-8-2-4-15(12-31)22(25)32/h1,3,5-7,9-11,15H,2,4,8,12H2,(H2,25,32)(H3,24,29,30)(H2,26,27,28). The molecule has 1 saturated heterocycles. The van der Waals surface area contributed by atoms with Gasteiger partial charge < -0.3 is 22.1 Å². The molecule has 4 aromatic rings. The minimum Gasteiger partial charge on any atom is -0.382 e. The first kappa shape index (κ1) is 19.8. The third-order valence-corrected chi connectivity index (χ3v) is 5.96. The predicted molar refractivity (Wildman–Crippen MR) is 126 cm³/mol. The molecule has 1 aliphatic heterocycles.